The summed E-state index contributed by atoms with van der Waals surface area (Å²) in [6, 6.07) is 45.7. The molecule has 0 aliphatic rings. The summed E-state index contributed by atoms with van der Waals surface area (Å²) in [6.07, 6.45) is 16.3. The molecule has 0 N–H and O–H groups in total. The number of para-hydroxylation sites is 1. The number of benzene rings is 7. The molecule has 0 aromatic heterocycles. The van der Waals surface area contributed by atoms with Crippen LogP contribution < -0.4 is 9.80 Å². The molecule has 0 radical (unpaired) electrons. The van der Waals surface area contributed by atoms with Crippen LogP contribution in [0.4, 0.5) is 11.4 Å². The fraction of sp³-hybridized carbons (Fsp3) is 0.333. The number of hydrogen-bond acceptors (Lipinski definition) is 2. The van der Waals surface area contributed by atoms with Gasteiger partial charge in [-0.3, -0.25) is 9.59 Å². The van der Waals surface area contributed by atoms with Crippen molar-refractivity contribution in [3.8, 4) is 11.1 Å². The Balaban J connectivity index is 1.32. The van der Waals surface area contributed by atoms with Crippen molar-refractivity contribution in [1.29, 1.82) is 0 Å². The van der Waals surface area contributed by atoms with Crippen LogP contribution in [0.15, 0.2) is 133 Å². The fourth-order valence-corrected chi connectivity index (χ4v) is 8.68. The Morgan fingerprint density at radius 2 is 0.914 bits per heavy atom. The summed E-state index contributed by atoms with van der Waals surface area (Å²) in [6.45, 7) is 5.72. The van der Waals surface area contributed by atoms with Crippen LogP contribution in [-0.4, -0.2) is 24.9 Å². The highest BCUT2D eigenvalue weighted by atomic mass is 16.2. The molecule has 4 nitrogen and oxygen atoms in total. The Labute approximate surface area is 346 Å². The first kappa shape index (κ1) is 40.7. The summed E-state index contributed by atoms with van der Waals surface area (Å²) in [7, 11) is 0. The predicted molar refractivity (Wildman–Crippen MR) is 248 cm³/mol. The van der Waals surface area contributed by atoms with Gasteiger partial charge in [0, 0.05) is 35.6 Å². The zero-order chi connectivity index (χ0) is 40.1. The molecule has 0 heterocycles. The first-order valence-corrected chi connectivity index (χ1v) is 22.1. The van der Waals surface area contributed by atoms with E-state index in [1.165, 1.54) is 84.7 Å². The Kier molecular flexibility index (Phi) is 14.2. The third kappa shape index (κ3) is 9.61. The van der Waals surface area contributed by atoms with Crippen molar-refractivity contribution >= 4 is 55.5 Å². The van der Waals surface area contributed by atoms with Gasteiger partial charge in [-0.05, 0) is 98.8 Å². The van der Waals surface area contributed by atoms with E-state index in [2.05, 4.69) is 80.6 Å². The molecule has 7 rings (SSSR count). The SMILES string of the molecule is CCCCCCCCCN(C(=O)c1cc(-c2ccc3ccc4cccc5ccc2c3c45)cc(N(CCCCCCCCC)C(=O)c2ccccc2)c1)c1ccccc1. The maximum Gasteiger partial charge on any atom is 0.258 e. The summed E-state index contributed by atoms with van der Waals surface area (Å²) in [5, 5.41) is 7.27. The molecule has 0 saturated carbocycles. The highest BCUT2D eigenvalue weighted by molar-refractivity contribution is 6.25. The van der Waals surface area contributed by atoms with Gasteiger partial charge in [-0.1, -0.05) is 182 Å². The van der Waals surface area contributed by atoms with Crippen LogP contribution >= 0.6 is 0 Å². The zero-order valence-corrected chi connectivity index (χ0v) is 34.7. The van der Waals surface area contributed by atoms with Crippen molar-refractivity contribution in [2.45, 2.75) is 104 Å². The number of nitrogens with zero attached hydrogens (tertiary/aromatic N) is 2. The van der Waals surface area contributed by atoms with Gasteiger partial charge in [0.15, 0.2) is 0 Å². The molecule has 2 amide bonds. The summed E-state index contributed by atoms with van der Waals surface area (Å²) >= 11 is 0. The predicted octanol–water partition coefficient (Wildman–Crippen LogP) is 15.0. The van der Waals surface area contributed by atoms with E-state index in [1.807, 2.05) is 76.5 Å². The third-order valence-corrected chi connectivity index (χ3v) is 11.9. The Hall–Kier alpha value is -5.48. The van der Waals surface area contributed by atoms with Crippen LogP contribution in [-0.2, 0) is 0 Å². The van der Waals surface area contributed by atoms with E-state index in [4.69, 9.17) is 0 Å². The molecule has 0 bridgehead atoms. The van der Waals surface area contributed by atoms with E-state index in [-0.39, 0.29) is 11.8 Å². The second kappa shape index (κ2) is 20.3. The zero-order valence-electron chi connectivity index (χ0n) is 34.7. The molecule has 0 spiro atoms. The minimum atomic E-state index is -0.0412. The van der Waals surface area contributed by atoms with Gasteiger partial charge in [0.25, 0.3) is 11.8 Å². The Morgan fingerprint density at radius 3 is 1.53 bits per heavy atom. The van der Waals surface area contributed by atoms with Gasteiger partial charge >= 0.3 is 0 Å². The molecule has 0 unspecified atom stereocenters. The largest absolute Gasteiger partial charge is 0.308 e. The van der Waals surface area contributed by atoms with Gasteiger partial charge in [0.2, 0.25) is 0 Å². The summed E-state index contributed by atoms with van der Waals surface area (Å²) in [5.41, 5.74) is 4.90. The van der Waals surface area contributed by atoms with E-state index in [9.17, 15) is 4.79 Å². The lowest BCUT2D eigenvalue weighted by Crippen LogP contribution is -2.34. The van der Waals surface area contributed by atoms with Gasteiger partial charge in [-0.2, -0.15) is 0 Å². The van der Waals surface area contributed by atoms with Crippen molar-refractivity contribution < 1.29 is 9.59 Å². The number of carbonyl (C=O) groups excluding carboxylic acids is 2. The first-order chi connectivity index (χ1) is 28.6. The molecule has 7 aromatic carbocycles. The smallest absolute Gasteiger partial charge is 0.258 e. The van der Waals surface area contributed by atoms with Gasteiger partial charge in [-0.15, -0.1) is 0 Å². The molecule has 0 fully saturated rings. The molecule has 0 aliphatic heterocycles. The lowest BCUT2D eigenvalue weighted by molar-refractivity contribution is 0.0975. The lowest BCUT2D eigenvalue weighted by Gasteiger charge is -2.27. The first-order valence-electron chi connectivity index (χ1n) is 22.1. The van der Waals surface area contributed by atoms with Crippen LogP contribution in [0.3, 0.4) is 0 Å². The van der Waals surface area contributed by atoms with Crippen molar-refractivity contribution in [1.82, 2.24) is 0 Å². The summed E-state index contributed by atoms with van der Waals surface area (Å²) in [4.78, 5) is 33.6. The molecule has 0 saturated heterocycles. The van der Waals surface area contributed by atoms with Crippen molar-refractivity contribution in [3.63, 3.8) is 0 Å². The van der Waals surface area contributed by atoms with Crippen LogP contribution in [0.2, 0.25) is 0 Å². The average molecular weight is 769 g/mol. The molecule has 0 aliphatic carbocycles. The van der Waals surface area contributed by atoms with E-state index in [0.29, 0.717) is 24.2 Å². The van der Waals surface area contributed by atoms with E-state index < -0.39 is 0 Å². The van der Waals surface area contributed by atoms with Crippen molar-refractivity contribution in [3.05, 3.63) is 145 Å². The number of unbranched alkanes of at least 4 members (excludes halogenated alkanes) is 12. The molecule has 7 aromatic rings. The summed E-state index contributed by atoms with van der Waals surface area (Å²) < 4.78 is 0. The summed E-state index contributed by atoms with van der Waals surface area (Å²) in [5.74, 6) is -0.0819. The minimum Gasteiger partial charge on any atom is -0.308 e. The van der Waals surface area contributed by atoms with Gasteiger partial charge in [0.1, 0.15) is 0 Å². The second-order valence-electron chi connectivity index (χ2n) is 16.1. The Morgan fingerprint density at radius 1 is 0.414 bits per heavy atom. The van der Waals surface area contributed by atoms with Crippen LogP contribution in [0.5, 0.6) is 0 Å². The average Bonchev–Trinajstić information content (AvgIpc) is 3.27. The standard InChI is InChI=1S/C54H60N2O2/c1-3-5-7-9-11-13-21-36-55(47-28-19-16-20-29-47)54(58)46-38-45(49-34-32-43-31-30-41-26-23-27-42-33-35-50(49)52(43)51(41)42)39-48(40-46)56(37-22-14-12-10-8-6-4-2)53(57)44-24-17-15-18-25-44/h15-20,23-35,38-40H,3-14,21-22,36-37H2,1-2H3. The number of rotatable bonds is 21. The van der Waals surface area contributed by atoms with Crippen LogP contribution in [0.1, 0.15) is 124 Å². The van der Waals surface area contributed by atoms with E-state index >= 15 is 4.79 Å². The van der Waals surface area contributed by atoms with Crippen LogP contribution in [0.25, 0.3) is 43.4 Å². The quantitative estimate of drug-likeness (QED) is 0.0540. The van der Waals surface area contributed by atoms with Gasteiger partial charge in [-0.25, -0.2) is 0 Å². The maximum absolute atomic E-state index is 15.1. The number of hydrogen-bond donors (Lipinski definition) is 0. The number of carbonyl (C=O) groups is 2. The number of anilines is 2. The number of amides is 2. The highest BCUT2D eigenvalue weighted by Crippen LogP contribution is 2.40. The molecular formula is C54H60N2O2. The Bertz CT molecular complexity index is 2370. The van der Waals surface area contributed by atoms with Crippen molar-refractivity contribution in [2.75, 3.05) is 22.9 Å². The van der Waals surface area contributed by atoms with E-state index in [0.717, 1.165) is 60.0 Å². The normalized spacial score (nSPS) is 11.5. The molecule has 4 heteroatoms. The van der Waals surface area contributed by atoms with E-state index in [1.54, 1.807) is 0 Å². The highest BCUT2D eigenvalue weighted by Gasteiger charge is 2.24. The molecule has 58 heavy (non-hydrogen) atoms. The molecular weight excluding hydrogens is 709 g/mol. The van der Waals surface area contributed by atoms with Gasteiger partial charge in [0.05, 0.1) is 0 Å². The third-order valence-electron chi connectivity index (χ3n) is 11.9. The topological polar surface area (TPSA) is 40.6 Å². The lowest BCUT2D eigenvalue weighted by atomic mass is 9.89. The minimum absolute atomic E-state index is 0.0407. The molecule has 298 valence electrons. The maximum atomic E-state index is 15.1. The van der Waals surface area contributed by atoms with Gasteiger partial charge < -0.3 is 9.80 Å². The molecule has 0 atom stereocenters. The van der Waals surface area contributed by atoms with Crippen molar-refractivity contribution in [2.24, 2.45) is 0 Å². The van der Waals surface area contributed by atoms with Crippen LogP contribution in [0, 0.1) is 0 Å². The second-order valence-corrected chi connectivity index (χ2v) is 16.1. The monoisotopic (exact) mass is 768 g/mol. The fourth-order valence-electron chi connectivity index (χ4n) is 8.68.